The smallest absolute Gasteiger partial charge is 0.220 e. The molecule has 22 heavy (non-hydrogen) atoms. The van der Waals surface area contributed by atoms with E-state index in [4.69, 9.17) is 5.73 Å². The number of aryl methyl sites for hydroxylation is 1. The van der Waals surface area contributed by atoms with Crippen LogP contribution in [0.2, 0.25) is 0 Å². The third-order valence-electron chi connectivity index (χ3n) is 5.50. The molecule has 0 radical (unpaired) electrons. The first-order valence-corrected chi connectivity index (χ1v) is 8.26. The Morgan fingerprint density at radius 3 is 2.73 bits per heavy atom. The van der Waals surface area contributed by atoms with Crippen molar-refractivity contribution in [2.75, 3.05) is 5.73 Å². The summed E-state index contributed by atoms with van der Waals surface area (Å²) in [5.41, 5.74) is 7.77. The first-order valence-electron chi connectivity index (χ1n) is 8.26. The molecule has 0 aromatic heterocycles. The Morgan fingerprint density at radius 1 is 1.32 bits per heavy atom. The average molecular weight is 323 g/mol. The molecule has 4 atom stereocenters. The van der Waals surface area contributed by atoms with Crippen molar-refractivity contribution in [3.63, 3.8) is 0 Å². The molecular formula is C18H27ClN2O. The Hall–Kier alpha value is -1.22. The van der Waals surface area contributed by atoms with Crippen molar-refractivity contribution in [1.82, 2.24) is 5.32 Å². The minimum absolute atomic E-state index is 0. The normalized spacial score (nSPS) is 27.2. The highest BCUT2D eigenvalue weighted by Crippen LogP contribution is 2.49. The van der Waals surface area contributed by atoms with Gasteiger partial charge >= 0.3 is 0 Å². The molecule has 1 aromatic rings. The highest BCUT2D eigenvalue weighted by molar-refractivity contribution is 5.85. The first kappa shape index (κ1) is 17.1. The summed E-state index contributed by atoms with van der Waals surface area (Å²) in [4.78, 5) is 12.1. The van der Waals surface area contributed by atoms with E-state index in [1.807, 2.05) is 24.3 Å². The number of nitrogen functional groups attached to an aromatic ring is 1. The van der Waals surface area contributed by atoms with Gasteiger partial charge in [-0.05, 0) is 62.0 Å². The fraction of sp³-hybridized carbons (Fsp3) is 0.611. The van der Waals surface area contributed by atoms with Gasteiger partial charge in [0, 0.05) is 18.2 Å². The minimum Gasteiger partial charge on any atom is -0.399 e. The number of nitrogens with two attached hydrogens (primary N) is 1. The molecule has 3 N–H and O–H groups in total. The molecule has 0 heterocycles. The molecule has 1 aromatic carbocycles. The summed E-state index contributed by atoms with van der Waals surface area (Å²) in [6, 6.07) is 8.12. The van der Waals surface area contributed by atoms with E-state index in [-0.39, 0.29) is 18.3 Å². The summed E-state index contributed by atoms with van der Waals surface area (Å²) in [6.07, 6.45) is 6.75. The largest absolute Gasteiger partial charge is 0.399 e. The molecule has 4 heteroatoms. The number of para-hydroxylation sites is 1. The molecule has 2 aliphatic rings. The highest BCUT2D eigenvalue weighted by Gasteiger charge is 2.41. The van der Waals surface area contributed by atoms with E-state index in [1.165, 1.54) is 25.7 Å². The summed E-state index contributed by atoms with van der Waals surface area (Å²) in [5.74, 6) is 2.65. The molecule has 0 spiro atoms. The van der Waals surface area contributed by atoms with Crippen molar-refractivity contribution in [1.29, 1.82) is 0 Å². The zero-order valence-corrected chi connectivity index (χ0v) is 14.1. The van der Waals surface area contributed by atoms with Crippen LogP contribution in [0.25, 0.3) is 0 Å². The SMILES string of the molecule is CC(NC(=O)CCc1ccccc1N)C1CC2CCC1C2.Cl. The lowest BCUT2D eigenvalue weighted by molar-refractivity contribution is -0.122. The third kappa shape index (κ3) is 3.75. The van der Waals surface area contributed by atoms with Crippen LogP contribution in [0.4, 0.5) is 5.69 Å². The number of anilines is 1. The van der Waals surface area contributed by atoms with E-state index >= 15 is 0 Å². The minimum atomic E-state index is 0. The van der Waals surface area contributed by atoms with E-state index in [1.54, 1.807) is 0 Å². The Kier molecular flexibility index (Phi) is 5.74. The zero-order chi connectivity index (χ0) is 14.8. The molecule has 0 saturated heterocycles. The van der Waals surface area contributed by atoms with Crippen molar-refractivity contribution >= 4 is 24.0 Å². The van der Waals surface area contributed by atoms with Crippen LogP contribution < -0.4 is 11.1 Å². The standard InChI is InChI=1S/C18H26N2O.ClH/c1-12(16-11-13-6-7-15(16)10-13)20-18(21)9-8-14-4-2-3-5-17(14)19;/h2-5,12-13,15-16H,6-11,19H2,1H3,(H,20,21);1H. The maximum Gasteiger partial charge on any atom is 0.220 e. The number of hydrogen-bond donors (Lipinski definition) is 2. The quantitative estimate of drug-likeness (QED) is 0.814. The summed E-state index contributed by atoms with van der Waals surface area (Å²) < 4.78 is 0. The predicted octanol–water partition coefficient (Wildman–Crippen LogP) is 3.56. The Morgan fingerprint density at radius 2 is 2.09 bits per heavy atom. The van der Waals surface area contributed by atoms with Crippen LogP contribution in [0.1, 0.15) is 44.6 Å². The van der Waals surface area contributed by atoms with Gasteiger partial charge < -0.3 is 11.1 Å². The van der Waals surface area contributed by atoms with Crippen LogP contribution in [-0.2, 0) is 11.2 Å². The lowest BCUT2D eigenvalue weighted by Crippen LogP contribution is -2.40. The predicted molar refractivity (Wildman–Crippen MR) is 93.0 cm³/mol. The van der Waals surface area contributed by atoms with Crippen LogP contribution in [0.3, 0.4) is 0 Å². The molecule has 2 fully saturated rings. The number of hydrogen-bond acceptors (Lipinski definition) is 2. The van der Waals surface area contributed by atoms with Crippen molar-refractivity contribution in [2.45, 2.75) is 51.5 Å². The number of benzene rings is 1. The molecule has 0 aliphatic heterocycles. The fourth-order valence-corrected chi connectivity index (χ4v) is 4.35. The molecule has 2 bridgehead atoms. The number of carbonyl (C=O) groups excluding carboxylic acids is 1. The summed E-state index contributed by atoms with van der Waals surface area (Å²) in [7, 11) is 0. The maximum absolute atomic E-state index is 12.1. The Labute approximate surface area is 139 Å². The second-order valence-corrected chi connectivity index (χ2v) is 6.89. The lowest BCUT2D eigenvalue weighted by atomic mass is 9.84. The van der Waals surface area contributed by atoms with Crippen molar-refractivity contribution < 1.29 is 4.79 Å². The van der Waals surface area contributed by atoms with Crippen LogP contribution in [0.5, 0.6) is 0 Å². The van der Waals surface area contributed by atoms with Gasteiger partial charge in [0.25, 0.3) is 0 Å². The molecule has 3 rings (SSSR count). The monoisotopic (exact) mass is 322 g/mol. The fourth-order valence-electron chi connectivity index (χ4n) is 4.35. The molecule has 4 unspecified atom stereocenters. The van der Waals surface area contributed by atoms with Gasteiger partial charge in [0.05, 0.1) is 0 Å². The van der Waals surface area contributed by atoms with Gasteiger partial charge in [-0.1, -0.05) is 24.6 Å². The van der Waals surface area contributed by atoms with Gasteiger partial charge in [-0.15, -0.1) is 12.4 Å². The van der Waals surface area contributed by atoms with Gasteiger partial charge in [0.15, 0.2) is 0 Å². The summed E-state index contributed by atoms with van der Waals surface area (Å²) in [6.45, 7) is 2.18. The second kappa shape index (κ2) is 7.36. The molecule has 122 valence electrons. The van der Waals surface area contributed by atoms with E-state index < -0.39 is 0 Å². The van der Waals surface area contributed by atoms with Crippen LogP contribution in [0, 0.1) is 17.8 Å². The van der Waals surface area contributed by atoms with Crippen LogP contribution in [0.15, 0.2) is 24.3 Å². The van der Waals surface area contributed by atoms with Gasteiger partial charge in [0.1, 0.15) is 0 Å². The van der Waals surface area contributed by atoms with Crippen molar-refractivity contribution in [2.24, 2.45) is 17.8 Å². The highest BCUT2D eigenvalue weighted by atomic mass is 35.5. The number of halogens is 1. The first-order chi connectivity index (χ1) is 10.1. The van der Waals surface area contributed by atoms with E-state index in [2.05, 4.69) is 12.2 Å². The molecule has 3 nitrogen and oxygen atoms in total. The van der Waals surface area contributed by atoms with E-state index in [0.29, 0.717) is 18.4 Å². The van der Waals surface area contributed by atoms with E-state index in [0.717, 1.165) is 29.5 Å². The molecule has 2 saturated carbocycles. The molecular weight excluding hydrogens is 296 g/mol. The maximum atomic E-state index is 12.1. The van der Waals surface area contributed by atoms with Crippen LogP contribution >= 0.6 is 12.4 Å². The summed E-state index contributed by atoms with van der Waals surface area (Å²) in [5, 5.41) is 3.22. The number of nitrogens with one attached hydrogen (secondary N) is 1. The van der Waals surface area contributed by atoms with Crippen molar-refractivity contribution in [3.8, 4) is 0 Å². The topological polar surface area (TPSA) is 55.1 Å². The Balaban J connectivity index is 0.00000176. The average Bonchev–Trinajstić information content (AvgIpc) is 3.09. The molecule has 2 aliphatic carbocycles. The number of carbonyl (C=O) groups is 1. The van der Waals surface area contributed by atoms with E-state index in [9.17, 15) is 4.79 Å². The second-order valence-electron chi connectivity index (χ2n) is 6.89. The summed E-state index contributed by atoms with van der Waals surface area (Å²) >= 11 is 0. The Bertz CT molecular complexity index is 520. The van der Waals surface area contributed by atoms with Gasteiger partial charge in [0.2, 0.25) is 5.91 Å². The van der Waals surface area contributed by atoms with Gasteiger partial charge in [-0.25, -0.2) is 0 Å². The van der Waals surface area contributed by atoms with Gasteiger partial charge in [-0.3, -0.25) is 4.79 Å². The number of fused-ring (bicyclic) bond motifs is 2. The third-order valence-corrected chi connectivity index (χ3v) is 5.50. The number of amides is 1. The lowest BCUT2D eigenvalue weighted by Gasteiger charge is -2.28. The molecule has 1 amide bonds. The zero-order valence-electron chi connectivity index (χ0n) is 13.3. The van der Waals surface area contributed by atoms with Crippen LogP contribution in [-0.4, -0.2) is 11.9 Å². The van der Waals surface area contributed by atoms with Gasteiger partial charge in [-0.2, -0.15) is 0 Å². The van der Waals surface area contributed by atoms with Crippen molar-refractivity contribution in [3.05, 3.63) is 29.8 Å². The number of rotatable bonds is 5.